The highest BCUT2D eigenvalue weighted by Gasteiger charge is 2.13. The van der Waals surface area contributed by atoms with Gasteiger partial charge in [0.25, 0.3) is 0 Å². The first kappa shape index (κ1) is 52.6. The number of carbonyl (C=O) groups excluding carboxylic acids is 1. The summed E-state index contributed by atoms with van der Waals surface area (Å²) in [7, 11) is 0. The zero-order chi connectivity index (χ0) is 39.8. The molecule has 0 spiro atoms. The van der Waals surface area contributed by atoms with E-state index in [2.05, 4.69) is 98.9 Å². The van der Waals surface area contributed by atoms with Gasteiger partial charge in [0.1, 0.15) is 6.10 Å². The molecule has 1 atom stereocenters. The van der Waals surface area contributed by atoms with Crippen molar-refractivity contribution >= 4 is 5.97 Å². The number of allylic oxidation sites excluding steroid dienone is 14. The van der Waals surface area contributed by atoms with Crippen LogP contribution in [-0.2, 0) is 14.3 Å². The van der Waals surface area contributed by atoms with E-state index in [-0.39, 0.29) is 19.2 Å². The number of hydrogen-bond donors (Lipinski definition) is 1. The Labute approximate surface area is 341 Å². The summed E-state index contributed by atoms with van der Waals surface area (Å²) in [4.78, 5) is 12.2. The molecule has 316 valence electrons. The highest BCUT2D eigenvalue weighted by Crippen LogP contribution is 2.13. The first-order valence-electron chi connectivity index (χ1n) is 23.2. The van der Waals surface area contributed by atoms with Crippen molar-refractivity contribution in [3.63, 3.8) is 0 Å². The molecule has 0 aromatic heterocycles. The summed E-state index contributed by atoms with van der Waals surface area (Å²) in [6, 6.07) is 0. The van der Waals surface area contributed by atoms with Crippen molar-refractivity contribution in [1.29, 1.82) is 0 Å². The van der Waals surface area contributed by atoms with Crippen molar-refractivity contribution in [1.82, 2.24) is 0 Å². The molecule has 1 N–H and O–H groups in total. The maximum atomic E-state index is 12.2. The van der Waals surface area contributed by atoms with Crippen LogP contribution in [-0.4, -0.2) is 37.0 Å². The quantitative estimate of drug-likeness (QED) is 0.0382. The highest BCUT2D eigenvalue weighted by atomic mass is 16.6. The van der Waals surface area contributed by atoms with E-state index < -0.39 is 6.10 Å². The van der Waals surface area contributed by atoms with Crippen molar-refractivity contribution in [2.45, 2.75) is 213 Å². The Morgan fingerprint density at radius 2 is 0.818 bits per heavy atom. The molecule has 0 saturated carbocycles. The van der Waals surface area contributed by atoms with E-state index in [4.69, 9.17) is 9.47 Å². The Morgan fingerprint density at radius 3 is 1.25 bits per heavy atom. The van der Waals surface area contributed by atoms with Crippen molar-refractivity contribution in [2.24, 2.45) is 0 Å². The molecule has 0 rings (SSSR count). The molecule has 0 aromatic rings. The maximum Gasteiger partial charge on any atom is 0.306 e. The topological polar surface area (TPSA) is 55.8 Å². The molecule has 0 bridgehead atoms. The van der Waals surface area contributed by atoms with Gasteiger partial charge in [0, 0.05) is 13.0 Å². The smallest absolute Gasteiger partial charge is 0.306 e. The van der Waals surface area contributed by atoms with Crippen LogP contribution in [0.4, 0.5) is 0 Å². The summed E-state index contributed by atoms with van der Waals surface area (Å²) in [5, 5.41) is 9.62. The van der Waals surface area contributed by atoms with Gasteiger partial charge in [-0.15, -0.1) is 0 Å². The fraction of sp³-hybridized carbons (Fsp3) is 0.706. The van der Waals surface area contributed by atoms with Crippen LogP contribution in [0.15, 0.2) is 85.1 Å². The Bertz CT molecular complexity index is 985. The lowest BCUT2D eigenvalue weighted by atomic mass is 10.1. The minimum Gasteiger partial charge on any atom is -0.457 e. The van der Waals surface area contributed by atoms with E-state index in [1.807, 2.05) is 0 Å². The van der Waals surface area contributed by atoms with Crippen molar-refractivity contribution < 1.29 is 19.4 Å². The van der Waals surface area contributed by atoms with E-state index in [1.165, 1.54) is 116 Å². The molecule has 0 heterocycles. The summed E-state index contributed by atoms with van der Waals surface area (Å²) in [6.07, 6.45) is 66.5. The second-order valence-corrected chi connectivity index (χ2v) is 15.1. The predicted octanol–water partition coefficient (Wildman–Crippen LogP) is 15.5. The monoisotopic (exact) mass is 765 g/mol. The Balaban J connectivity index is 3.51. The highest BCUT2D eigenvalue weighted by molar-refractivity contribution is 5.69. The summed E-state index contributed by atoms with van der Waals surface area (Å²) in [5.41, 5.74) is 0. The van der Waals surface area contributed by atoms with Crippen LogP contribution in [0.5, 0.6) is 0 Å². The van der Waals surface area contributed by atoms with Crippen LogP contribution in [0.3, 0.4) is 0 Å². The van der Waals surface area contributed by atoms with Crippen LogP contribution in [0.2, 0.25) is 0 Å². The zero-order valence-corrected chi connectivity index (χ0v) is 36.2. The molecule has 0 aliphatic heterocycles. The summed E-state index contributed by atoms with van der Waals surface area (Å²) >= 11 is 0. The number of rotatable bonds is 42. The number of ether oxygens (including phenoxy) is 2. The van der Waals surface area contributed by atoms with E-state index in [9.17, 15) is 9.90 Å². The van der Waals surface area contributed by atoms with Gasteiger partial charge < -0.3 is 14.6 Å². The normalized spacial score (nSPS) is 13.1. The van der Waals surface area contributed by atoms with Gasteiger partial charge in [-0.25, -0.2) is 0 Å². The molecule has 1 unspecified atom stereocenters. The first-order chi connectivity index (χ1) is 27.2. The lowest BCUT2D eigenvalue weighted by molar-refractivity contribution is -0.154. The maximum absolute atomic E-state index is 12.2. The Hall–Kier alpha value is -2.43. The van der Waals surface area contributed by atoms with Crippen molar-refractivity contribution in [3.8, 4) is 0 Å². The Morgan fingerprint density at radius 1 is 0.455 bits per heavy atom. The van der Waals surface area contributed by atoms with Gasteiger partial charge in [0.2, 0.25) is 0 Å². The minimum atomic E-state index is -0.551. The van der Waals surface area contributed by atoms with E-state index in [0.717, 1.165) is 70.6 Å². The standard InChI is InChI=1S/C51H88O4/c1-3-5-7-9-11-13-15-17-19-21-23-24-25-26-27-29-31-33-35-37-39-41-43-45-47-54-49-50(48-52)55-51(53)46-44-42-40-38-36-34-32-30-28-22-20-18-16-14-12-10-8-6-4-2/h5,7,11,13,17-20,23-24,26-27,31,33,50,52H,3-4,6,8-10,12,14-16,21-22,25,28-30,32,34-49H2,1-2H3/b7-5-,13-11-,19-17-,20-18-,24-23-,27-26-,33-31-. The summed E-state index contributed by atoms with van der Waals surface area (Å²) in [5.74, 6) is -0.212. The van der Waals surface area contributed by atoms with Gasteiger partial charge in [0.15, 0.2) is 0 Å². The Kier molecular flexibility index (Phi) is 45.6. The number of unbranched alkanes of at least 4 members (excludes halogenated alkanes) is 20. The molecule has 0 radical (unpaired) electrons. The van der Waals surface area contributed by atoms with Crippen LogP contribution < -0.4 is 0 Å². The molecule has 0 amide bonds. The van der Waals surface area contributed by atoms with Gasteiger partial charge in [-0.3, -0.25) is 4.79 Å². The van der Waals surface area contributed by atoms with Gasteiger partial charge in [0.05, 0.1) is 13.2 Å². The second kappa shape index (κ2) is 47.7. The average molecular weight is 765 g/mol. The van der Waals surface area contributed by atoms with E-state index >= 15 is 0 Å². The number of aliphatic hydroxyl groups is 1. The molecule has 0 aromatic carbocycles. The molecule has 0 aliphatic rings. The molecular formula is C51H88O4. The van der Waals surface area contributed by atoms with Gasteiger partial charge >= 0.3 is 5.97 Å². The third-order valence-electron chi connectivity index (χ3n) is 9.70. The fourth-order valence-electron chi connectivity index (χ4n) is 6.27. The summed E-state index contributed by atoms with van der Waals surface area (Å²) < 4.78 is 11.2. The second-order valence-electron chi connectivity index (χ2n) is 15.1. The molecule has 4 nitrogen and oxygen atoms in total. The van der Waals surface area contributed by atoms with E-state index in [1.54, 1.807) is 0 Å². The van der Waals surface area contributed by atoms with Crippen LogP contribution in [0, 0.1) is 0 Å². The minimum absolute atomic E-state index is 0.185. The molecule has 0 aliphatic carbocycles. The molecule has 0 fully saturated rings. The molecule has 55 heavy (non-hydrogen) atoms. The number of esters is 1. The third-order valence-corrected chi connectivity index (χ3v) is 9.70. The van der Waals surface area contributed by atoms with Crippen LogP contribution >= 0.6 is 0 Å². The van der Waals surface area contributed by atoms with Crippen LogP contribution in [0.1, 0.15) is 206 Å². The molecule has 0 saturated heterocycles. The van der Waals surface area contributed by atoms with Crippen molar-refractivity contribution in [2.75, 3.05) is 19.8 Å². The van der Waals surface area contributed by atoms with Gasteiger partial charge in [-0.05, 0) is 89.9 Å². The molecular weight excluding hydrogens is 677 g/mol. The lowest BCUT2D eigenvalue weighted by Crippen LogP contribution is -2.27. The van der Waals surface area contributed by atoms with E-state index in [0.29, 0.717) is 13.0 Å². The SMILES string of the molecule is CC/C=C\C/C=C\C/C=C\C/C=C\C/C=C\C/C=C\CCCCCCCOCC(CO)OC(=O)CCCCCCCCCCC/C=C\CCCCCCCC. The zero-order valence-electron chi connectivity index (χ0n) is 36.2. The average Bonchev–Trinajstić information content (AvgIpc) is 3.19. The first-order valence-corrected chi connectivity index (χ1v) is 23.2. The van der Waals surface area contributed by atoms with Gasteiger partial charge in [-0.2, -0.15) is 0 Å². The third kappa shape index (κ3) is 45.9. The summed E-state index contributed by atoms with van der Waals surface area (Å²) in [6.45, 7) is 5.18. The molecule has 4 heteroatoms. The number of hydrogen-bond acceptors (Lipinski definition) is 4. The fourth-order valence-corrected chi connectivity index (χ4v) is 6.27. The van der Waals surface area contributed by atoms with Gasteiger partial charge in [-0.1, -0.05) is 195 Å². The number of aliphatic hydroxyl groups excluding tert-OH is 1. The lowest BCUT2D eigenvalue weighted by Gasteiger charge is -2.15. The largest absolute Gasteiger partial charge is 0.457 e. The number of carbonyl (C=O) groups is 1. The van der Waals surface area contributed by atoms with Crippen molar-refractivity contribution in [3.05, 3.63) is 85.1 Å². The predicted molar refractivity (Wildman–Crippen MR) is 242 cm³/mol. The van der Waals surface area contributed by atoms with Crippen LogP contribution in [0.25, 0.3) is 0 Å².